The number of pyridine rings is 1. The molecule has 1 aliphatic heterocycles. The van der Waals surface area contributed by atoms with Crippen LogP contribution in [0.4, 0.5) is 4.79 Å². The van der Waals surface area contributed by atoms with Gasteiger partial charge in [0, 0.05) is 31.3 Å². The first-order valence-electron chi connectivity index (χ1n) is 6.00. The number of aromatic nitrogens is 1. The first kappa shape index (κ1) is 13.1. The normalized spacial score (nSPS) is 15.3. The molecule has 1 saturated heterocycles. The topological polar surface area (TPSA) is 71.4 Å². The van der Waals surface area contributed by atoms with Gasteiger partial charge in [-0.3, -0.25) is 14.9 Å². The van der Waals surface area contributed by atoms with Crippen molar-refractivity contribution < 1.29 is 9.59 Å². The van der Waals surface area contributed by atoms with E-state index in [0.717, 1.165) is 0 Å². The van der Waals surface area contributed by atoms with Crippen molar-refractivity contribution in [3.05, 3.63) is 46.9 Å². The summed E-state index contributed by atoms with van der Waals surface area (Å²) in [5.41, 5.74) is 0.376. The minimum atomic E-state index is -0.449. The fourth-order valence-electron chi connectivity index (χ4n) is 1.95. The number of nitrogens with one attached hydrogen (secondary N) is 1. The number of nitrogens with zero attached hydrogens (tertiary/aromatic N) is 2. The van der Waals surface area contributed by atoms with Crippen LogP contribution in [0.5, 0.6) is 0 Å². The number of amides is 3. The van der Waals surface area contributed by atoms with E-state index >= 15 is 0 Å². The molecular weight excluding hydrogens is 246 g/mol. The van der Waals surface area contributed by atoms with E-state index in [9.17, 15) is 14.4 Å². The van der Waals surface area contributed by atoms with Gasteiger partial charge in [-0.05, 0) is 6.07 Å². The van der Waals surface area contributed by atoms with Gasteiger partial charge in [-0.25, -0.2) is 4.79 Å². The Hall–Kier alpha value is -2.37. The van der Waals surface area contributed by atoms with E-state index in [1.54, 1.807) is 24.4 Å². The zero-order chi connectivity index (χ0) is 13.8. The summed E-state index contributed by atoms with van der Waals surface area (Å²) >= 11 is 0. The molecule has 100 valence electrons. The van der Waals surface area contributed by atoms with Crippen molar-refractivity contribution in [1.29, 1.82) is 0 Å². The van der Waals surface area contributed by atoms with E-state index in [2.05, 4.69) is 11.9 Å². The first-order chi connectivity index (χ1) is 9.11. The Morgan fingerprint density at radius 3 is 2.84 bits per heavy atom. The van der Waals surface area contributed by atoms with Crippen molar-refractivity contribution >= 4 is 11.9 Å². The number of rotatable bonds is 4. The third kappa shape index (κ3) is 2.90. The van der Waals surface area contributed by atoms with Crippen LogP contribution in [0.15, 0.2) is 35.8 Å². The van der Waals surface area contributed by atoms with Crippen molar-refractivity contribution in [1.82, 2.24) is 14.8 Å². The lowest BCUT2D eigenvalue weighted by atomic mass is 10.2. The van der Waals surface area contributed by atoms with Crippen molar-refractivity contribution in [3.8, 4) is 0 Å². The lowest BCUT2D eigenvalue weighted by molar-refractivity contribution is -0.121. The number of carbonyl (C=O) groups excluding carboxylic acids is 2. The van der Waals surface area contributed by atoms with E-state index in [1.165, 1.54) is 9.47 Å². The molecule has 0 bridgehead atoms. The molecule has 0 atom stereocenters. The molecule has 19 heavy (non-hydrogen) atoms. The van der Waals surface area contributed by atoms with Gasteiger partial charge in [-0.1, -0.05) is 12.1 Å². The smallest absolute Gasteiger partial charge is 0.319 e. The quantitative estimate of drug-likeness (QED) is 0.801. The summed E-state index contributed by atoms with van der Waals surface area (Å²) in [5, 5.41) is 2.23. The molecular formula is C13H15N3O3. The van der Waals surface area contributed by atoms with Gasteiger partial charge in [0.2, 0.25) is 5.91 Å². The van der Waals surface area contributed by atoms with Gasteiger partial charge in [-0.15, -0.1) is 6.58 Å². The minimum Gasteiger partial charge on any atom is -0.319 e. The maximum absolute atomic E-state index is 12.1. The average molecular weight is 261 g/mol. The Morgan fingerprint density at radius 1 is 1.37 bits per heavy atom. The molecule has 2 rings (SSSR count). The number of allylic oxidation sites excluding steroid dienone is 1. The Bertz CT molecular complexity index is 577. The average Bonchev–Trinajstić information content (AvgIpc) is 2.37. The summed E-state index contributed by atoms with van der Waals surface area (Å²) in [6.45, 7) is 4.56. The lowest BCUT2D eigenvalue weighted by Crippen LogP contribution is -2.49. The molecule has 1 N–H and O–H groups in total. The molecule has 1 aromatic heterocycles. The number of carbonyl (C=O) groups is 2. The van der Waals surface area contributed by atoms with Crippen LogP contribution < -0.4 is 10.9 Å². The van der Waals surface area contributed by atoms with Crippen molar-refractivity contribution in [2.75, 3.05) is 6.54 Å². The van der Waals surface area contributed by atoms with E-state index in [0.29, 0.717) is 18.7 Å². The van der Waals surface area contributed by atoms with E-state index in [1.807, 2.05) is 0 Å². The van der Waals surface area contributed by atoms with Crippen LogP contribution in [0.2, 0.25) is 0 Å². The molecule has 6 heteroatoms. The van der Waals surface area contributed by atoms with Gasteiger partial charge in [0.1, 0.15) is 0 Å². The molecule has 0 radical (unpaired) electrons. The third-order valence-corrected chi connectivity index (χ3v) is 2.93. The predicted molar refractivity (Wildman–Crippen MR) is 69.5 cm³/mol. The Morgan fingerprint density at radius 2 is 2.16 bits per heavy atom. The molecule has 3 amide bonds. The summed E-state index contributed by atoms with van der Waals surface area (Å²) in [4.78, 5) is 36.2. The second-order valence-electron chi connectivity index (χ2n) is 4.30. The van der Waals surface area contributed by atoms with Crippen LogP contribution in [-0.2, 0) is 17.9 Å². The van der Waals surface area contributed by atoms with Gasteiger partial charge in [0.15, 0.2) is 0 Å². The van der Waals surface area contributed by atoms with Crippen molar-refractivity contribution in [2.45, 2.75) is 19.5 Å². The first-order valence-corrected chi connectivity index (χ1v) is 6.00. The van der Waals surface area contributed by atoms with Crippen LogP contribution in [-0.4, -0.2) is 28.0 Å². The van der Waals surface area contributed by atoms with Gasteiger partial charge in [0.25, 0.3) is 5.56 Å². The van der Waals surface area contributed by atoms with E-state index < -0.39 is 6.03 Å². The van der Waals surface area contributed by atoms with Gasteiger partial charge in [0.05, 0.1) is 6.54 Å². The molecule has 6 nitrogen and oxygen atoms in total. The zero-order valence-corrected chi connectivity index (χ0v) is 10.5. The summed E-state index contributed by atoms with van der Waals surface area (Å²) in [6.07, 6.45) is 3.57. The highest BCUT2D eigenvalue weighted by Gasteiger charge is 2.23. The van der Waals surface area contributed by atoms with Crippen LogP contribution in [0.1, 0.15) is 12.0 Å². The maximum atomic E-state index is 12.1. The van der Waals surface area contributed by atoms with Crippen molar-refractivity contribution in [2.24, 2.45) is 0 Å². The maximum Gasteiger partial charge on any atom is 0.324 e. The SMILES string of the molecule is C=CCn1cccc(CN2CCC(=O)NC2=O)c1=O. The number of hydrogen-bond donors (Lipinski definition) is 1. The number of urea groups is 1. The Kier molecular flexibility index (Phi) is 3.79. The van der Waals surface area contributed by atoms with Gasteiger partial charge in [-0.2, -0.15) is 0 Å². The molecule has 1 fully saturated rings. The number of imide groups is 1. The molecule has 0 spiro atoms. The minimum absolute atomic E-state index is 0.146. The van der Waals surface area contributed by atoms with E-state index in [-0.39, 0.29) is 24.4 Å². The van der Waals surface area contributed by atoms with Crippen LogP contribution in [0, 0.1) is 0 Å². The second-order valence-corrected chi connectivity index (χ2v) is 4.30. The Balaban J connectivity index is 2.17. The summed E-state index contributed by atoms with van der Waals surface area (Å²) in [7, 11) is 0. The molecule has 0 saturated carbocycles. The van der Waals surface area contributed by atoms with Crippen LogP contribution >= 0.6 is 0 Å². The largest absolute Gasteiger partial charge is 0.324 e. The molecule has 0 aromatic carbocycles. The lowest BCUT2D eigenvalue weighted by Gasteiger charge is -2.26. The fraction of sp³-hybridized carbons (Fsp3) is 0.308. The number of hydrogen-bond acceptors (Lipinski definition) is 3. The second kappa shape index (κ2) is 5.51. The summed E-state index contributed by atoms with van der Waals surface area (Å²) in [6, 6.07) is 2.99. The highest BCUT2D eigenvalue weighted by Crippen LogP contribution is 2.05. The highest BCUT2D eigenvalue weighted by molar-refractivity contribution is 5.96. The molecule has 0 unspecified atom stereocenters. The van der Waals surface area contributed by atoms with E-state index in [4.69, 9.17) is 0 Å². The van der Waals surface area contributed by atoms with Gasteiger partial charge >= 0.3 is 6.03 Å². The standard InChI is InChI=1S/C13H15N3O3/c1-2-6-15-7-3-4-10(12(15)18)9-16-8-5-11(17)14-13(16)19/h2-4,7H,1,5-6,8-9H2,(H,14,17,19). The Labute approximate surface area is 110 Å². The van der Waals surface area contributed by atoms with Crippen molar-refractivity contribution in [3.63, 3.8) is 0 Å². The molecule has 1 aromatic rings. The molecule has 0 aliphatic carbocycles. The molecule has 2 heterocycles. The highest BCUT2D eigenvalue weighted by atomic mass is 16.2. The van der Waals surface area contributed by atoms with Crippen LogP contribution in [0.3, 0.4) is 0 Å². The summed E-state index contributed by atoms with van der Waals surface area (Å²) < 4.78 is 1.52. The summed E-state index contributed by atoms with van der Waals surface area (Å²) in [5.74, 6) is -0.279. The fourth-order valence-corrected chi connectivity index (χ4v) is 1.95. The van der Waals surface area contributed by atoms with Crippen LogP contribution in [0.25, 0.3) is 0 Å². The monoisotopic (exact) mass is 261 g/mol. The zero-order valence-electron chi connectivity index (χ0n) is 10.5. The van der Waals surface area contributed by atoms with Gasteiger partial charge < -0.3 is 9.47 Å². The third-order valence-electron chi connectivity index (χ3n) is 2.93. The predicted octanol–water partition coefficient (Wildman–Crippen LogP) is 0.476. The molecule has 1 aliphatic rings.